The summed E-state index contributed by atoms with van der Waals surface area (Å²) in [5, 5.41) is 25.6. The zero-order valence-corrected chi connectivity index (χ0v) is 18.9. The van der Waals surface area contributed by atoms with E-state index in [1.165, 1.54) is 58.8 Å². The van der Waals surface area contributed by atoms with Crippen molar-refractivity contribution in [1.29, 1.82) is 0 Å². The van der Waals surface area contributed by atoms with Crippen LogP contribution in [0, 0.1) is 10.1 Å². The second kappa shape index (κ2) is 9.42. The number of nitro benzene ring substituents is 1. The Labute approximate surface area is 194 Å². The second-order valence-corrected chi connectivity index (χ2v) is 9.99. The van der Waals surface area contributed by atoms with Gasteiger partial charge in [-0.15, -0.1) is 22.7 Å². The Bertz CT molecular complexity index is 1320. The number of phenols is 1. The van der Waals surface area contributed by atoms with Crippen LogP contribution in [0.5, 0.6) is 5.75 Å². The van der Waals surface area contributed by atoms with E-state index in [1.807, 2.05) is 12.1 Å². The molecule has 2 N–H and O–H groups in total. The number of nitro groups is 1. The minimum Gasteiger partial charge on any atom is -0.507 e. The fourth-order valence-corrected chi connectivity index (χ4v) is 5.40. The number of benzene rings is 2. The number of rotatable bonds is 7. The van der Waals surface area contributed by atoms with E-state index in [0.717, 1.165) is 14.6 Å². The molecule has 0 aliphatic carbocycles. The van der Waals surface area contributed by atoms with Crippen LogP contribution in [0.2, 0.25) is 0 Å². The first-order chi connectivity index (χ1) is 15.4. The number of carbonyl (C=O) groups excluding carboxylic acids is 1. The summed E-state index contributed by atoms with van der Waals surface area (Å²) in [5.74, 6) is -0.242. The largest absolute Gasteiger partial charge is 0.507 e. The van der Waals surface area contributed by atoms with Crippen LogP contribution in [-0.2, 0) is 4.79 Å². The highest BCUT2D eigenvalue weighted by atomic mass is 32.2. The first-order valence-corrected chi connectivity index (χ1v) is 11.8. The molecule has 9 nitrogen and oxygen atoms in total. The Morgan fingerprint density at radius 1 is 1.34 bits per heavy atom. The third-order valence-corrected chi connectivity index (χ3v) is 7.14. The Kier molecular flexibility index (Phi) is 6.44. The van der Waals surface area contributed by atoms with Crippen LogP contribution in [0.3, 0.4) is 0 Å². The molecule has 12 heteroatoms. The number of aromatic hydroxyl groups is 1. The molecule has 1 amide bonds. The highest BCUT2D eigenvalue weighted by Gasteiger charge is 2.18. The number of thioether (sulfide) groups is 1. The molecule has 0 fully saturated rings. The molecule has 4 aromatic rings. The average Bonchev–Trinajstić information content (AvgIpc) is 3.41. The van der Waals surface area contributed by atoms with Crippen molar-refractivity contribution >= 4 is 73.3 Å². The zero-order valence-electron chi connectivity index (χ0n) is 16.5. The quantitative estimate of drug-likeness (QED) is 0.158. The summed E-state index contributed by atoms with van der Waals surface area (Å²) in [6, 6.07) is 9.17. The van der Waals surface area contributed by atoms with E-state index in [-0.39, 0.29) is 28.2 Å². The van der Waals surface area contributed by atoms with Crippen molar-refractivity contribution < 1.29 is 14.8 Å². The predicted octanol–water partition coefficient (Wildman–Crippen LogP) is 5.24. The Hall–Kier alpha value is -3.35. The van der Waals surface area contributed by atoms with Crippen molar-refractivity contribution in [2.24, 2.45) is 4.99 Å². The maximum atomic E-state index is 12.3. The summed E-state index contributed by atoms with van der Waals surface area (Å²) in [5.41, 5.74) is 1.51. The SMILES string of the molecule is CC(Sc1nc2ccc(N=Cc3cc([N+](=O)[O-])ccc3O)cc2s1)C(=O)Nc1nccs1. The van der Waals surface area contributed by atoms with Gasteiger partial charge in [-0.2, -0.15) is 0 Å². The molecule has 2 heterocycles. The monoisotopic (exact) mass is 485 g/mol. The molecule has 162 valence electrons. The summed E-state index contributed by atoms with van der Waals surface area (Å²) in [6.07, 6.45) is 3.01. The number of anilines is 1. The van der Waals surface area contributed by atoms with Gasteiger partial charge in [0, 0.05) is 35.5 Å². The number of aromatic nitrogens is 2. The molecule has 2 aromatic heterocycles. The van der Waals surface area contributed by atoms with Crippen LogP contribution in [0.15, 0.2) is 57.3 Å². The average molecular weight is 486 g/mol. The van der Waals surface area contributed by atoms with Gasteiger partial charge in [-0.25, -0.2) is 9.97 Å². The number of hydrogen-bond acceptors (Lipinski definition) is 10. The molecule has 4 rings (SSSR count). The number of phenolic OH excluding ortho intramolecular Hbond substituents is 1. The van der Waals surface area contributed by atoms with E-state index < -0.39 is 4.92 Å². The maximum Gasteiger partial charge on any atom is 0.270 e. The standard InChI is InChI=1S/C20H15N5O4S3/c1-11(18(27)24-19-21-6-7-30-19)31-20-23-15-4-2-13(9-17(15)32-20)22-10-12-8-14(25(28)29)3-5-16(12)26/h2-11,26H,1H3,(H,21,24,27). The van der Waals surface area contributed by atoms with Crippen molar-refractivity contribution in [2.45, 2.75) is 16.5 Å². The molecule has 0 radical (unpaired) electrons. The summed E-state index contributed by atoms with van der Waals surface area (Å²) >= 11 is 4.16. The second-order valence-electron chi connectivity index (χ2n) is 6.48. The van der Waals surface area contributed by atoms with E-state index in [0.29, 0.717) is 10.8 Å². The molecule has 0 aliphatic rings. The van der Waals surface area contributed by atoms with Gasteiger partial charge >= 0.3 is 0 Å². The molecular weight excluding hydrogens is 470 g/mol. The van der Waals surface area contributed by atoms with Crippen LogP contribution in [0.1, 0.15) is 12.5 Å². The van der Waals surface area contributed by atoms with Crippen LogP contribution in [0.4, 0.5) is 16.5 Å². The summed E-state index contributed by atoms with van der Waals surface area (Å²) in [6.45, 7) is 1.81. The van der Waals surface area contributed by atoms with E-state index in [1.54, 1.807) is 24.6 Å². The van der Waals surface area contributed by atoms with Crippen LogP contribution >= 0.6 is 34.4 Å². The van der Waals surface area contributed by atoms with Crippen molar-refractivity contribution in [3.05, 3.63) is 63.7 Å². The van der Waals surface area contributed by atoms with Gasteiger partial charge < -0.3 is 10.4 Å². The first-order valence-electron chi connectivity index (χ1n) is 9.18. The number of aliphatic imine (C=N–C) groups is 1. The minimum atomic E-state index is -0.530. The van der Waals surface area contributed by atoms with Gasteiger partial charge in [-0.05, 0) is 31.2 Å². The third-order valence-electron chi connectivity index (χ3n) is 4.24. The normalized spacial score (nSPS) is 12.3. The maximum absolute atomic E-state index is 12.3. The Morgan fingerprint density at radius 3 is 2.94 bits per heavy atom. The highest BCUT2D eigenvalue weighted by molar-refractivity contribution is 8.02. The van der Waals surface area contributed by atoms with E-state index in [9.17, 15) is 20.0 Å². The third kappa shape index (κ3) is 5.10. The number of thiazole rings is 2. The molecule has 1 unspecified atom stereocenters. The molecule has 0 bridgehead atoms. The van der Waals surface area contributed by atoms with Crippen molar-refractivity contribution in [3.63, 3.8) is 0 Å². The topological polar surface area (TPSA) is 131 Å². The lowest BCUT2D eigenvalue weighted by molar-refractivity contribution is -0.384. The molecule has 2 aromatic carbocycles. The summed E-state index contributed by atoms with van der Waals surface area (Å²) in [7, 11) is 0. The molecule has 0 aliphatic heterocycles. The molecule has 0 spiro atoms. The molecule has 0 saturated heterocycles. The highest BCUT2D eigenvalue weighted by Crippen LogP contribution is 2.34. The number of nitrogens with one attached hydrogen (secondary N) is 1. The number of non-ortho nitro benzene ring substituents is 1. The Balaban J connectivity index is 1.48. The van der Waals surface area contributed by atoms with Gasteiger partial charge in [-0.3, -0.25) is 19.9 Å². The first kappa shape index (κ1) is 21.9. The number of hydrogen-bond donors (Lipinski definition) is 2. The molecule has 32 heavy (non-hydrogen) atoms. The summed E-state index contributed by atoms with van der Waals surface area (Å²) in [4.78, 5) is 35.7. The minimum absolute atomic E-state index is 0.0954. The van der Waals surface area contributed by atoms with Gasteiger partial charge in [-0.1, -0.05) is 11.8 Å². The van der Waals surface area contributed by atoms with Crippen LogP contribution < -0.4 is 5.32 Å². The number of fused-ring (bicyclic) bond motifs is 1. The predicted molar refractivity (Wildman–Crippen MR) is 128 cm³/mol. The lowest BCUT2D eigenvalue weighted by Gasteiger charge is -2.07. The molecular formula is C20H15N5O4S3. The van der Waals surface area contributed by atoms with Crippen LogP contribution in [0.25, 0.3) is 10.2 Å². The van der Waals surface area contributed by atoms with Gasteiger partial charge in [0.15, 0.2) is 9.47 Å². The molecule has 1 atom stereocenters. The smallest absolute Gasteiger partial charge is 0.270 e. The van der Waals surface area contributed by atoms with E-state index in [2.05, 4.69) is 20.3 Å². The Morgan fingerprint density at radius 2 is 2.19 bits per heavy atom. The van der Waals surface area contributed by atoms with Gasteiger partial charge in [0.05, 0.1) is 26.1 Å². The van der Waals surface area contributed by atoms with Crippen molar-refractivity contribution in [2.75, 3.05) is 5.32 Å². The van der Waals surface area contributed by atoms with Gasteiger partial charge in [0.1, 0.15) is 5.75 Å². The van der Waals surface area contributed by atoms with E-state index >= 15 is 0 Å². The van der Waals surface area contributed by atoms with Crippen LogP contribution in [-0.4, -0.2) is 37.4 Å². The zero-order chi connectivity index (χ0) is 22.7. The number of carbonyl (C=O) groups is 1. The lowest BCUT2D eigenvalue weighted by atomic mass is 10.2. The summed E-state index contributed by atoms with van der Waals surface area (Å²) < 4.78 is 1.64. The van der Waals surface area contributed by atoms with Crippen molar-refractivity contribution in [3.8, 4) is 5.75 Å². The lowest BCUT2D eigenvalue weighted by Crippen LogP contribution is -2.22. The molecule has 0 saturated carbocycles. The van der Waals surface area contributed by atoms with Gasteiger partial charge in [0.25, 0.3) is 5.69 Å². The van der Waals surface area contributed by atoms with Gasteiger partial charge in [0.2, 0.25) is 5.91 Å². The fourth-order valence-electron chi connectivity index (χ4n) is 2.62. The number of nitrogens with zero attached hydrogens (tertiary/aromatic N) is 4. The van der Waals surface area contributed by atoms with Crippen molar-refractivity contribution in [1.82, 2.24) is 9.97 Å². The van der Waals surface area contributed by atoms with E-state index in [4.69, 9.17) is 0 Å². The fraction of sp³-hybridized carbons (Fsp3) is 0.100. The number of amides is 1.